The van der Waals surface area contributed by atoms with Crippen LogP contribution in [0.1, 0.15) is 43.0 Å². The summed E-state index contributed by atoms with van der Waals surface area (Å²) in [5, 5.41) is 2.94. The lowest BCUT2D eigenvalue weighted by molar-refractivity contribution is 0.342. The van der Waals surface area contributed by atoms with Gasteiger partial charge in [0.1, 0.15) is 16.4 Å². The van der Waals surface area contributed by atoms with Gasteiger partial charge in [0, 0.05) is 4.88 Å². The zero-order valence-electron chi connectivity index (χ0n) is 16.6. The van der Waals surface area contributed by atoms with Crippen LogP contribution in [0.5, 0.6) is 5.75 Å². The Morgan fingerprint density at radius 2 is 1.90 bits per heavy atom. The molecule has 5 rings (SSSR count). The van der Waals surface area contributed by atoms with Gasteiger partial charge in [0.25, 0.3) is 5.56 Å². The maximum atomic E-state index is 13.2. The molecule has 4 aromatic rings. The van der Waals surface area contributed by atoms with Gasteiger partial charge in [-0.05, 0) is 55.0 Å². The van der Waals surface area contributed by atoms with E-state index in [2.05, 4.69) is 23.2 Å². The Hall–Kier alpha value is -2.66. The molecule has 0 saturated carbocycles. The summed E-state index contributed by atoms with van der Waals surface area (Å²) in [6, 6.07) is 12.2. The lowest BCUT2D eigenvalue weighted by Crippen LogP contribution is -2.11. The molecule has 2 aromatic carbocycles. The Kier molecular flexibility index (Phi) is 4.84. The van der Waals surface area contributed by atoms with Gasteiger partial charge in [0.05, 0.1) is 17.6 Å². The van der Waals surface area contributed by atoms with Crippen molar-refractivity contribution in [2.45, 2.75) is 45.4 Å². The standard InChI is InChI=1S/C24H24N2O2S/c1-2-28-18-14-13-15-9-7-8-10-16(15)20(18)22-25-23(27)21-17-11-5-3-4-6-12-19(17)29-24(21)26-22/h7-10,13-14H,2-6,11-12H2,1H3,(H,25,26,27). The van der Waals surface area contributed by atoms with Gasteiger partial charge in [-0.15, -0.1) is 11.3 Å². The molecule has 29 heavy (non-hydrogen) atoms. The van der Waals surface area contributed by atoms with Crippen LogP contribution in [-0.4, -0.2) is 16.6 Å². The Morgan fingerprint density at radius 1 is 1.07 bits per heavy atom. The molecular formula is C24H24N2O2S. The number of aromatic nitrogens is 2. The molecule has 0 aliphatic heterocycles. The quantitative estimate of drug-likeness (QED) is 0.465. The van der Waals surface area contributed by atoms with Crippen molar-refractivity contribution in [2.24, 2.45) is 0 Å². The number of rotatable bonds is 3. The third kappa shape index (κ3) is 3.23. The van der Waals surface area contributed by atoms with E-state index >= 15 is 0 Å². The van der Waals surface area contributed by atoms with Gasteiger partial charge in [-0.25, -0.2) is 4.98 Å². The molecule has 1 aliphatic carbocycles. The monoisotopic (exact) mass is 404 g/mol. The summed E-state index contributed by atoms with van der Waals surface area (Å²) < 4.78 is 5.91. The van der Waals surface area contributed by atoms with Gasteiger partial charge < -0.3 is 9.72 Å². The molecule has 1 N–H and O–H groups in total. The number of hydrogen-bond acceptors (Lipinski definition) is 4. The summed E-state index contributed by atoms with van der Waals surface area (Å²) in [4.78, 5) is 23.4. The van der Waals surface area contributed by atoms with Crippen molar-refractivity contribution in [1.29, 1.82) is 0 Å². The van der Waals surface area contributed by atoms with Gasteiger partial charge in [-0.2, -0.15) is 0 Å². The van der Waals surface area contributed by atoms with Crippen LogP contribution in [0.4, 0.5) is 0 Å². The highest BCUT2D eigenvalue weighted by molar-refractivity contribution is 7.18. The first kappa shape index (κ1) is 18.4. The van der Waals surface area contributed by atoms with Gasteiger partial charge in [0.2, 0.25) is 0 Å². The van der Waals surface area contributed by atoms with Crippen LogP contribution in [0, 0.1) is 0 Å². The second-order valence-electron chi connectivity index (χ2n) is 7.61. The zero-order valence-corrected chi connectivity index (χ0v) is 17.4. The van der Waals surface area contributed by atoms with Crippen LogP contribution in [-0.2, 0) is 12.8 Å². The lowest BCUT2D eigenvalue weighted by atomic mass is 9.98. The van der Waals surface area contributed by atoms with Crippen molar-refractivity contribution in [2.75, 3.05) is 6.61 Å². The molecular weight excluding hydrogens is 380 g/mol. The Balaban J connectivity index is 1.76. The summed E-state index contributed by atoms with van der Waals surface area (Å²) in [6.45, 7) is 2.53. The van der Waals surface area contributed by atoms with E-state index in [-0.39, 0.29) is 5.56 Å². The van der Waals surface area contributed by atoms with Crippen LogP contribution in [0.25, 0.3) is 32.4 Å². The SMILES string of the molecule is CCOc1ccc2ccccc2c1-c1nc2sc3c(c2c(=O)[nH]1)CCCCCC3. The maximum absolute atomic E-state index is 13.2. The van der Waals surface area contributed by atoms with Crippen LogP contribution in [0.15, 0.2) is 41.2 Å². The van der Waals surface area contributed by atoms with Gasteiger partial charge in [0.15, 0.2) is 0 Å². The average Bonchev–Trinajstić information content (AvgIpc) is 3.05. The van der Waals surface area contributed by atoms with E-state index in [4.69, 9.17) is 9.72 Å². The molecule has 0 fully saturated rings. The summed E-state index contributed by atoms with van der Waals surface area (Å²) >= 11 is 1.70. The molecule has 0 saturated heterocycles. The first-order valence-corrected chi connectivity index (χ1v) is 11.3. The fraction of sp³-hybridized carbons (Fsp3) is 0.333. The second-order valence-corrected chi connectivity index (χ2v) is 8.69. The molecule has 2 aromatic heterocycles. The largest absolute Gasteiger partial charge is 0.493 e. The van der Waals surface area contributed by atoms with Crippen LogP contribution in [0.3, 0.4) is 0 Å². The van der Waals surface area contributed by atoms with Crippen molar-refractivity contribution >= 4 is 32.3 Å². The summed E-state index contributed by atoms with van der Waals surface area (Å²) in [5.74, 6) is 1.35. The Bertz CT molecular complexity index is 1260. The average molecular weight is 405 g/mol. The van der Waals surface area contributed by atoms with Crippen LogP contribution >= 0.6 is 11.3 Å². The first-order chi connectivity index (χ1) is 14.3. The van der Waals surface area contributed by atoms with Crippen LogP contribution < -0.4 is 10.3 Å². The molecule has 0 atom stereocenters. The van der Waals surface area contributed by atoms with E-state index in [9.17, 15) is 4.79 Å². The first-order valence-electron chi connectivity index (χ1n) is 10.5. The third-order valence-electron chi connectivity index (χ3n) is 5.75. The van der Waals surface area contributed by atoms with E-state index in [1.165, 1.54) is 29.7 Å². The van der Waals surface area contributed by atoms with Gasteiger partial charge >= 0.3 is 0 Å². The molecule has 148 valence electrons. The Labute approximate surface area is 173 Å². The number of H-pyrrole nitrogens is 1. The van der Waals surface area contributed by atoms with Crippen molar-refractivity contribution in [3.63, 3.8) is 0 Å². The Morgan fingerprint density at radius 3 is 2.76 bits per heavy atom. The van der Waals surface area contributed by atoms with Crippen molar-refractivity contribution < 1.29 is 4.74 Å². The van der Waals surface area contributed by atoms with E-state index < -0.39 is 0 Å². The van der Waals surface area contributed by atoms with Crippen molar-refractivity contribution in [3.8, 4) is 17.1 Å². The molecule has 0 spiro atoms. The smallest absolute Gasteiger partial charge is 0.260 e. The molecule has 0 unspecified atom stereocenters. The van der Waals surface area contributed by atoms with Gasteiger partial charge in [-0.3, -0.25) is 4.79 Å². The number of nitrogens with zero attached hydrogens (tertiary/aromatic N) is 1. The van der Waals surface area contributed by atoms with E-state index in [0.717, 1.165) is 51.6 Å². The number of hydrogen-bond donors (Lipinski definition) is 1. The minimum absolute atomic E-state index is 0.0292. The maximum Gasteiger partial charge on any atom is 0.260 e. The minimum Gasteiger partial charge on any atom is -0.493 e. The number of aromatic amines is 1. The topological polar surface area (TPSA) is 55.0 Å². The molecule has 0 bridgehead atoms. The number of thiophene rings is 1. The fourth-order valence-corrected chi connectivity index (χ4v) is 5.67. The number of benzene rings is 2. The summed E-state index contributed by atoms with van der Waals surface area (Å²) in [5.41, 5.74) is 2.07. The molecule has 5 heteroatoms. The predicted molar refractivity (Wildman–Crippen MR) is 120 cm³/mol. The van der Waals surface area contributed by atoms with E-state index in [0.29, 0.717) is 12.4 Å². The second kappa shape index (κ2) is 7.64. The van der Waals surface area contributed by atoms with Crippen molar-refractivity contribution in [3.05, 3.63) is 57.2 Å². The highest BCUT2D eigenvalue weighted by Gasteiger charge is 2.20. The lowest BCUT2D eigenvalue weighted by Gasteiger charge is -2.13. The van der Waals surface area contributed by atoms with Crippen LogP contribution in [0.2, 0.25) is 0 Å². The molecule has 4 nitrogen and oxygen atoms in total. The predicted octanol–water partition coefficient (Wildman–Crippen LogP) is 5.86. The number of aryl methyl sites for hydroxylation is 2. The normalized spacial score (nSPS) is 14.5. The molecule has 0 amide bonds. The highest BCUT2D eigenvalue weighted by Crippen LogP contribution is 2.37. The van der Waals surface area contributed by atoms with Gasteiger partial charge in [-0.1, -0.05) is 43.2 Å². The molecule has 0 radical (unpaired) electrons. The molecule has 2 heterocycles. The number of fused-ring (bicyclic) bond motifs is 4. The summed E-state index contributed by atoms with van der Waals surface area (Å²) in [6.07, 6.45) is 6.91. The van der Waals surface area contributed by atoms with E-state index in [1.54, 1.807) is 11.3 Å². The number of ether oxygens (including phenoxy) is 1. The highest BCUT2D eigenvalue weighted by atomic mass is 32.1. The zero-order chi connectivity index (χ0) is 19.8. The number of nitrogens with one attached hydrogen (secondary N) is 1. The fourth-order valence-electron chi connectivity index (χ4n) is 4.41. The van der Waals surface area contributed by atoms with E-state index in [1.807, 2.05) is 25.1 Å². The van der Waals surface area contributed by atoms with Crippen molar-refractivity contribution in [1.82, 2.24) is 9.97 Å². The third-order valence-corrected chi connectivity index (χ3v) is 6.94. The molecule has 1 aliphatic rings. The summed E-state index contributed by atoms with van der Waals surface area (Å²) in [7, 11) is 0. The minimum atomic E-state index is -0.0292.